The summed E-state index contributed by atoms with van der Waals surface area (Å²) < 4.78 is 10.2. The Bertz CT molecular complexity index is 627. The minimum atomic E-state index is -0.572. The molecule has 112 valence electrons. The zero-order valence-corrected chi connectivity index (χ0v) is 12.0. The topological polar surface area (TPSA) is 106 Å². The van der Waals surface area contributed by atoms with E-state index in [2.05, 4.69) is 10.3 Å². The second-order valence-corrected chi connectivity index (χ2v) is 4.44. The number of hydrogen-bond acceptors (Lipinski definition) is 5. The minimum Gasteiger partial charge on any atom is -0.493 e. The second-order valence-electron chi connectivity index (χ2n) is 4.44. The van der Waals surface area contributed by atoms with E-state index >= 15 is 0 Å². The quantitative estimate of drug-likeness (QED) is 0.750. The maximum atomic E-state index is 12.2. The van der Waals surface area contributed by atoms with Gasteiger partial charge in [0.1, 0.15) is 0 Å². The number of likely N-dealkylation sites (N-methyl/N-ethyl adjacent to an activating group) is 1. The van der Waals surface area contributed by atoms with Gasteiger partial charge in [-0.15, -0.1) is 0 Å². The van der Waals surface area contributed by atoms with Crippen LogP contribution < -0.4 is 20.5 Å². The molecule has 8 nitrogen and oxygen atoms in total. The molecule has 8 heteroatoms. The fraction of sp³-hybridized carbons (Fsp3) is 0.308. The summed E-state index contributed by atoms with van der Waals surface area (Å²) >= 11 is 0. The SMILES string of the molecule is COc1cc(N)c(C(=O)N=C2NC(=O)CN2C)cc1OC. The maximum absolute atomic E-state index is 12.2. The molecule has 0 atom stereocenters. The van der Waals surface area contributed by atoms with Crippen LogP contribution in [0.2, 0.25) is 0 Å². The van der Waals surface area contributed by atoms with Crippen molar-refractivity contribution in [1.29, 1.82) is 0 Å². The largest absolute Gasteiger partial charge is 0.493 e. The van der Waals surface area contributed by atoms with Crippen LogP contribution in [0.1, 0.15) is 10.4 Å². The summed E-state index contributed by atoms with van der Waals surface area (Å²) in [6, 6.07) is 2.94. The van der Waals surface area contributed by atoms with Crippen LogP contribution in [-0.4, -0.2) is 50.5 Å². The van der Waals surface area contributed by atoms with Gasteiger partial charge in [0.25, 0.3) is 5.91 Å². The molecule has 0 bridgehead atoms. The van der Waals surface area contributed by atoms with Crippen molar-refractivity contribution in [1.82, 2.24) is 10.2 Å². The molecule has 1 aliphatic heterocycles. The Kier molecular flexibility index (Phi) is 3.97. The number of aliphatic imine (C=N–C) groups is 1. The van der Waals surface area contributed by atoms with Gasteiger partial charge in [-0.05, 0) is 6.07 Å². The number of nitrogen functional groups attached to an aromatic ring is 1. The van der Waals surface area contributed by atoms with Crippen molar-refractivity contribution in [3.63, 3.8) is 0 Å². The summed E-state index contributed by atoms with van der Waals surface area (Å²) in [7, 11) is 4.59. The number of hydrogen-bond donors (Lipinski definition) is 2. The van der Waals surface area contributed by atoms with Crippen molar-refractivity contribution in [2.45, 2.75) is 0 Å². The predicted molar refractivity (Wildman–Crippen MR) is 76.5 cm³/mol. The molecule has 1 saturated heterocycles. The number of rotatable bonds is 3. The average molecular weight is 292 g/mol. The van der Waals surface area contributed by atoms with E-state index in [1.54, 1.807) is 7.05 Å². The highest BCUT2D eigenvalue weighted by molar-refractivity contribution is 6.12. The normalized spacial score (nSPS) is 16.0. The lowest BCUT2D eigenvalue weighted by Crippen LogP contribution is -2.28. The Morgan fingerprint density at radius 1 is 1.33 bits per heavy atom. The molecule has 0 aromatic heterocycles. The van der Waals surface area contributed by atoms with Gasteiger partial charge in [0.15, 0.2) is 11.5 Å². The molecule has 2 amide bonds. The molecule has 0 radical (unpaired) electrons. The van der Waals surface area contributed by atoms with Crippen LogP contribution in [0.15, 0.2) is 17.1 Å². The number of nitrogens with one attached hydrogen (secondary N) is 1. The van der Waals surface area contributed by atoms with E-state index in [4.69, 9.17) is 15.2 Å². The summed E-state index contributed by atoms with van der Waals surface area (Å²) in [5.74, 6) is 0.200. The number of anilines is 1. The number of nitrogens with zero attached hydrogens (tertiary/aromatic N) is 2. The molecular weight excluding hydrogens is 276 g/mol. The van der Waals surface area contributed by atoms with E-state index in [-0.39, 0.29) is 29.7 Å². The molecule has 1 aromatic carbocycles. The van der Waals surface area contributed by atoms with Crippen molar-refractivity contribution >= 4 is 23.5 Å². The molecule has 0 aliphatic carbocycles. The zero-order chi connectivity index (χ0) is 15.6. The molecule has 1 heterocycles. The summed E-state index contributed by atoms with van der Waals surface area (Å²) in [5, 5.41) is 2.49. The van der Waals surface area contributed by atoms with Gasteiger partial charge in [-0.25, -0.2) is 0 Å². The molecule has 1 aromatic rings. The Morgan fingerprint density at radius 3 is 2.48 bits per heavy atom. The predicted octanol–water partition coefficient (Wildman–Crippen LogP) is -0.156. The van der Waals surface area contributed by atoms with Crippen LogP contribution in [0.5, 0.6) is 11.5 Å². The number of carbonyl (C=O) groups excluding carboxylic acids is 2. The van der Waals surface area contributed by atoms with E-state index in [1.165, 1.54) is 31.3 Å². The van der Waals surface area contributed by atoms with E-state index in [1.807, 2.05) is 0 Å². The summed E-state index contributed by atoms with van der Waals surface area (Å²) in [6.45, 7) is 0.160. The van der Waals surface area contributed by atoms with Crippen molar-refractivity contribution < 1.29 is 19.1 Å². The number of ether oxygens (including phenoxy) is 2. The highest BCUT2D eigenvalue weighted by Gasteiger charge is 2.23. The average Bonchev–Trinajstić information content (AvgIpc) is 2.76. The Morgan fingerprint density at radius 2 is 1.95 bits per heavy atom. The molecule has 21 heavy (non-hydrogen) atoms. The molecule has 1 aliphatic rings. The van der Waals surface area contributed by atoms with Crippen LogP contribution >= 0.6 is 0 Å². The van der Waals surface area contributed by atoms with Gasteiger partial charge in [0.2, 0.25) is 11.9 Å². The van der Waals surface area contributed by atoms with Crippen LogP contribution in [0, 0.1) is 0 Å². The van der Waals surface area contributed by atoms with Gasteiger partial charge >= 0.3 is 0 Å². The van der Waals surface area contributed by atoms with Crippen molar-refractivity contribution in [3.8, 4) is 11.5 Å². The first-order chi connectivity index (χ1) is 9.96. The molecule has 1 fully saturated rings. The van der Waals surface area contributed by atoms with Crippen LogP contribution in [-0.2, 0) is 4.79 Å². The third kappa shape index (κ3) is 2.88. The van der Waals surface area contributed by atoms with Crippen LogP contribution in [0.25, 0.3) is 0 Å². The summed E-state index contributed by atoms with van der Waals surface area (Å²) in [5.41, 5.74) is 6.22. The Labute approximate surface area is 121 Å². The van der Waals surface area contributed by atoms with Crippen molar-refractivity contribution in [3.05, 3.63) is 17.7 Å². The Balaban J connectivity index is 2.35. The lowest BCUT2D eigenvalue weighted by atomic mass is 10.1. The van der Waals surface area contributed by atoms with Gasteiger partial charge in [0, 0.05) is 18.8 Å². The molecule has 2 rings (SSSR count). The molecule has 0 unspecified atom stereocenters. The fourth-order valence-corrected chi connectivity index (χ4v) is 1.90. The van der Waals surface area contributed by atoms with E-state index in [9.17, 15) is 9.59 Å². The molecular formula is C13H16N4O4. The van der Waals surface area contributed by atoms with E-state index in [0.717, 1.165) is 0 Å². The minimum absolute atomic E-state index is 0.160. The van der Waals surface area contributed by atoms with Gasteiger partial charge in [-0.1, -0.05) is 0 Å². The highest BCUT2D eigenvalue weighted by Crippen LogP contribution is 2.32. The maximum Gasteiger partial charge on any atom is 0.282 e. The summed E-state index contributed by atoms with van der Waals surface area (Å²) in [4.78, 5) is 28.8. The van der Waals surface area contributed by atoms with Crippen molar-refractivity contribution in [2.75, 3.05) is 33.5 Å². The molecule has 0 spiro atoms. The molecule has 0 saturated carbocycles. The standard InChI is InChI=1S/C13H16N4O4/c1-17-6-11(18)15-13(17)16-12(19)7-4-9(20-2)10(21-3)5-8(7)14/h4-5H,6,14H2,1-3H3,(H,15,16,18,19). The Hall–Kier alpha value is -2.77. The fourth-order valence-electron chi connectivity index (χ4n) is 1.90. The lowest BCUT2D eigenvalue weighted by Gasteiger charge is -2.11. The van der Waals surface area contributed by atoms with E-state index in [0.29, 0.717) is 11.5 Å². The van der Waals surface area contributed by atoms with Crippen LogP contribution in [0.3, 0.4) is 0 Å². The van der Waals surface area contributed by atoms with Gasteiger partial charge < -0.3 is 20.1 Å². The van der Waals surface area contributed by atoms with Gasteiger partial charge in [-0.2, -0.15) is 4.99 Å². The first kappa shape index (κ1) is 14.6. The summed E-state index contributed by atoms with van der Waals surface area (Å²) in [6.07, 6.45) is 0. The number of methoxy groups -OCH3 is 2. The number of benzene rings is 1. The van der Waals surface area contributed by atoms with Crippen molar-refractivity contribution in [2.24, 2.45) is 4.99 Å². The smallest absolute Gasteiger partial charge is 0.282 e. The number of amides is 2. The number of nitrogens with two attached hydrogens (primary N) is 1. The van der Waals surface area contributed by atoms with Gasteiger partial charge in [-0.3, -0.25) is 14.9 Å². The number of guanidine groups is 1. The molecule has 3 N–H and O–H groups in total. The third-order valence-electron chi connectivity index (χ3n) is 2.99. The second kappa shape index (κ2) is 5.70. The number of carbonyl (C=O) groups is 2. The van der Waals surface area contributed by atoms with Crippen LogP contribution in [0.4, 0.5) is 5.69 Å². The lowest BCUT2D eigenvalue weighted by molar-refractivity contribution is -0.118. The monoisotopic (exact) mass is 292 g/mol. The third-order valence-corrected chi connectivity index (χ3v) is 2.99. The van der Waals surface area contributed by atoms with Gasteiger partial charge in [0.05, 0.1) is 26.3 Å². The first-order valence-corrected chi connectivity index (χ1v) is 6.11. The first-order valence-electron chi connectivity index (χ1n) is 6.11. The van der Waals surface area contributed by atoms with E-state index < -0.39 is 5.91 Å². The zero-order valence-electron chi connectivity index (χ0n) is 12.0. The highest BCUT2D eigenvalue weighted by atomic mass is 16.5.